The van der Waals surface area contributed by atoms with Crippen molar-refractivity contribution in [2.45, 2.75) is 31.3 Å². The van der Waals surface area contributed by atoms with Crippen molar-refractivity contribution in [1.29, 1.82) is 0 Å². The first kappa shape index (κ1) is 21.6. The Labute approximate surface area is 177 Å². The molecule has 0 radical (unpaired) electrons. The number of para-hydroxylation sites is 1. The van der Waals surface area contributed by atoms with E-state index >= 15 is 0 Å². The summed E-state index contributed by atoms with van der Waals surface area (Å²) in [6.07, 6.45) is 0. The lowest BCUT2D eigenvalue weighted by atomic mass is 10.0. The highest BCUT2D eigenvalue weighted by Gasteiger charge is 2.24. The van der Waals surface area contributed by atoms with Gasteiger partial charge in [-0.15, -0.1) is 0 Å². The van der Waals surface area contributed by atoms with Gasteiger partial charge in [0.1, 0.15) is 5.75 Å². The van der Waals surface area contributed by atoms with Crippen LogP contribution in [0.1, 0.15) is 41.4 Å². The molecular weight excluding hydrogens is 398 g/mol. The predicted molar refractivity (Wildman–Crippen MR) is 117 cm³/mol. The minimum Gasteiger partial charge on any atom is -0.508 e. The summed E-state index contributed by atoms with van der Waals surface area (Å²) in [7, 11) is -3.33. The van der Waals surface area contributed by atoms with Crippen LogP contribution < -0.4 is 0 Å². The number of nitrogens with zero attached hydrogens (tertiary/aromatic N) is 1. The number of aromatic hydroxyl groups is 1. The number of hydrogen-bond acceptors (Lipinski definition) is 4. The minimum absolute atomic E-state index is 0.00471. The summed E-state index contributed by atoms with van der Waals surface area (Å²) in [5, 5.41) is 10.2. The lowest BCUT2D eigenvalue weighted by Crippen LogP contribution is -2.33. The SMILES string of the molecule is CCS(=O)(=O)c1ccc(C(=O)N(Cc2ccccc2O)[C@@H](C)c2ccccc2)cc1. The minimum atomic E-state index is -3.33. The van der Waals surface area contributed by atoms with Gasteiger partial charge < -0.3 is 10.0 Å². The van der Waals surface area contributed by atoms with E-state index in [0.29, 0.717) is 11.1 Å². The van der Waals surface area contributed by atoms with Crippen molar-refractivity contribution in [1.82, 2.24) is 4.90 Å². The number of phenolic OH excluding ortho intramolecular Hbond substituents is 1. The van der Waals surface area contributed by atoms with Crippen molar-refractivity contribution >= 4 is 15.7 Å². The lowest BCUT2D eigenvalue weighted by molar-refractivity contribution is 0.0673. The average molecular weight is 424 g/mol. The molecule has 0 unspecified atom stereocenters. The molecule has 0 heterocycles. The zero-order valence-electron chi connectivity index (χ0n) is 17.0. The summed E-state index contributed by atoms with van der Waals surface area (Å²) in [5.74, 6) is -0.111. The molecule has 0 aliphatic carbocycles. The van der Waals surface area contributed by atoms with E-state index in [0.717, 1.165) is 5.56 Å². The first-order chi connectivity index (χ1) is 14.3. The van der Waals surface area contributed by atoms with Crippen LogP contribution in [0.3, 0.4) is 0 Å². The zero-order chi connectivity index (χ0) is 21.7. The zero-order valence-corrected chi connectivity index (χ0v) is 17.8. The van der Waals surface area contributed by atoms with Crippen LogP contribution in [0.5, 0.6) is 5.75 Å². The van der Waals surface area contributed by atoms with E-state index in [4.69, 9.17) is 0 Å². The fourth-order valence-corrected chi connectivity index (χ4v) is 4.15. The molecule has 30 heavy (non-hydrogen) atoms. The van der Waals surface area contributed by atoms with Crippen molar-refractivity contribution in [3.05, 3.63) is 95.6 Å². The number of amides is 1. The molecule has 0 aliphatic rings. The van der Waals surface area contributed by atoms with Crippen molar-refractivity contribution in [3.63, 3.8) is 0 Å². The standard InChI is InChI=1S/C24H25NO4S/c1-3-30(28,29)22-15-13-20(14-16-22)24(27)25(17-21-11-7-8-12-23(21)26)18(2)19-9-5-4-6-10-19/h4-16,18,26H,3,17H2,1-2H3/t18-/m0/s1. The fourth-order valence-electron chi connectivity index (χ4n) is 3.26. The highest BCUT2D eigenvalue weighted by atomic mass is 32.2. The van der Waals surface area contributed by atoms with Gasteiger partial charge in [-0.05, 0) is 42.8 Å². The van der Waals surface area contributed by atoms with Crippen LogP contribution in [0.15, 0.2) is 83.8 Å². The topological polar surface area (TPSA) is 74.7 Å². The number of phenols is 1. The molecule has 0 saturated heterocycles. The van der Waals surface area contributed by atoms with Crippen LogP contribution >= 0.6 is 0 Å². The van der Waals surface area contributed by atoms with E-state index in [-0.39, 0.29) is 34.9 Å². The molecular formula is C24H25NO4S. The van der Waals surface area contributed by atoms with E-state index in [1.165, 1.54) is 12.1 Å². The maximum absolute atomic E-state index is 13.4. The summed E-state index contributed by atoms with van der Waals surface area (Å²) in [6.45, 7) is 3.74. The van der Waals surface area contributed by atoms with Crippen LogP contribution in [0.25, 0.3) is 0 Å². The molecule has 1 N–H and O–H groups in total. The molecule has 6 heteroatoms. The molecule has 0 saturated carbocycles. The number of rotatable bonds is 7. The second-order valence-electron chi connectivity index (χ2n) is 7.08. The van der Waals surface area contributed by atoms with Crippen LogP contribution in [0, 0.1) is 0 Å². The fraction of sp³-hybridized carbons (Fsp3) is 0.208. The monoisotopic (exact) mass is 423 g/mol. The van der Waals surface area contributed by atoms with Crippen LogP contribution in [0.4, 0.5) is 0 Å². The number of hydrogen-bond donors (Lipinski definition) is 1. The van der Waals surface area contributed by atoms with E-state index in [1.807, 2.05) is 43.3 Å². The summed E-state index contributed by atoms with van der Waals surface area (Å²) in [5.41, 5.74) is 1.99. The van der Waals surface area contributed by atoms with Crippen molar-refractivity contribution in [2.24, 2.45) is 0 Å². The van der Waals surface area contributed by atoms with Gasteiger partial charge >= 0.3 is 0 Å². The Morgan fingerprint density at radius 2 is 1.53 bits per heavy atom. The van der Waals surface area contributed by atoms with Gasteiger partial charge in [-0.2, -0.15) is 0 Å². The van der Waals surface area contributed by atoms with Gasteiger partial charge in [0.15, 0.2) is 9.84 Å². The molecule has 3 aromatic rings. The molecule has 3 rings (SSSR count). The third-order valence-corrected chi connectivity index (χ3v) is 6.93. The Balaban J connectivity index is 1.96. The maximum Gasteiger partial charge on any atom is 0.254 e. The number of sulfone groups is 1. The molecule has 0 spiro atoms. The molecule has 0 fully saturated rings. The number of carbonyl (C=O) groups is 1. The Bertz CT molecular complexity index is 1110. The first-order valence-electron chi connectivity index (χ1n) is 9.79. The lowest BCUT2D eigenvalue weighted by Gasteiger charge is -2.30. The van der Waals surface area contributed by atoms with Gasteiger partial charge in [-0.3, -0.25) is 4.79 Å². The third kappa shape index (κ3) is 4.71. The normalized spacial score (nSPS) is 12.3. The van der Waals surface area contributed by atoms with Gasteiger partial charge in [0, 0.05) is 11.1 Å². The second kappa shape index (κ2) is 9.13. The Morgan fingerprint density at radius 1 is 0.933 bits per heavy atom. The molecule has 1 atom stereocenters. The first-order valence-corrected chi connectivity index (χ1v) is 11.4. The summed E-state index contributed by atoms with van der Waals surface area (Å²) < 4.78 is 24.1. The summed E-state index contributed by atoms with van der Waals surface area (Å²) >= 11 is 0. The summed E-state index contributed by atoms with van der Waals surface area (Å²) in [6, 6.07) is 22.3. The van der Waals surface area contributed by atoms with E-state index in [9.17, 15) is 18.3 Å². The van der Waals surface area contributed by atoms with Crippen LogP contribution in [-0.4, -0.2) is 30.1 Å². The second-order valence-corrected chi connectivity index (χ2v) is 9.35. The molecule has 3 aromatic carbocycles. The highest BCUT2D eigenvalue weighted by Crippen LogP contribution is 2.27. The van der Waals surface area contributed by atoms with Crippen molar-refractivity contribution < 1.29 is 18.3 Å². The summed E-state index contributed by atoms with van der Waals surface area (Å²) in [4.78, 5) is 15.3. The predicted octanol–water partition coefficient (Wildman–Crippen LogP) is 4.59. The van der Waals surface area contributed by atoms with Gasteiger partial charge in [0.25, 0.3) is 5.91 Å². The molecule has 0 aliphatic heterocycles. The molecule has 0 bridgehead atoms. The van der Waals surface area contributed by atoms with E-state index in [1.54, 1.807) is 42.2 Å². The number of benzene rings is 3. The maximum atomic E-state index is 13.4. The Kier molecular flexibility index (Phi) is 6.57. The third-order valence-electron chi connectivity index (χ3n) is 5.18. The average Bonchev–Trinajstić information content (AvgIpc) is 2.78. The van der Waals surface area contributed by atoms with Crippen molar-refractivity contribution in [3.8, 4) is 5.75 Å². The van der Waals surface area contributed by atoms with Crippen LogP contribution in [-0.2, 0) is 16.4 Å². The van der Waals surface area contributed by atoms with Gasteiger partial charge in [-0.25, -0.2) is 8.42 Å². The van der Waals surface area contributed by atoms with Crippen molar-refractivity contribution in [2.75, 3.05) is 5.75 Å². The van der Waals surface area contributed by atoms with E-state index < -0.39 is 9.84 Å². The Hall–Kier alpha value is -3.12. The molecule has 5 nitrogen and oxygen atoms in total. The quantitative estimate of drug-likeness (QED) is 0.603. The largest absolute Gasteiger partial charge is 0.508 e. The van der Waals surface area contributed by atoms with Gasteiger partial charge in [0.2, 0.25) is 0 Å². The molecule has 1 amide bonds. The number of carbonyl (C=O) groups excluding carboxylic acids is 1. The van der Waals surface area contributed by atoms with Crippen LogP contribution in [0.2, 0.25) is 0 Å². The van der Waals surface area contributed by atoms with Gasteiger partial charge in [-0.1, -0.05) is 55.5 Å². The molecule has 0 aromatic heterocycles. The van der Waals surface area contributed by atoms with Gasteiger partial charge in [0.05, 0.1) is 23.2 Å². The Morgan fingerprint density at radius 3 is 2.13 bits per heavy atom. The molecule has 156 valence electrons. The van der Waals surface area contributed by atoms with E-state index in [2.05, 4.69) is 0 Å². The highest BCUT2D eigenvalue weighted by molar-refractivity contribution is 7.91. The smallest absolute Gasteiger partial charge is 0.254 e.